The smallest absolute Gasteiger partial charge is 0.133 e. The molecule has 0 fully saturated rings. The molecule has 5 heteroatoms. The van der Waals surface area contributed by atoms with Crippen LogP contribution in [0.5, 0.6) is 0 Å². The van der Waals surface area contributed by atoms with E-state index < -0.39 is 0 Å². The number of rotatable bonds is 2. The Kier molecular flexibility index (Phi) is 3.10. The zero-order chi connectivity index (χ0) is 11.5. The normalized spacial score (nSPS) is 10.8. The minimum Gasteiger partial charge on any atom is -0.244 e. The Balaban J connectivity index is 2.50. The maximum atomic E-state index is 5.95. The van der Waals surface area contributed by atoms with Gasteiger partial charge in [0.15, 0.2) is 0 Å². The van der Waals surface area contributed by atoms with Gasteiger partial charge in [-0.05, 0) is 0 Å². The second-order valence-corrected chi connectivity index (χ2v) is 4.10. The van der Waals surface area contributed by atoms with Crippen molar-refractivity contribution >= 4 is 11.6 Å². The van der Waals surface area contributed by atoms with E-state index in [1.807, 2.05) is 13.8 Å². The highest BCUT2D eigenvalue weighted by Crippen LogP contribution is 2.20. The molecule has 0 unspecified atom stereocenters. The largest absolute Gasteiger partial charge is 0.244 e. The molecule has 0 radical (unpaired) electrons. The van der Waals surface area contributed by atoms with Crippen molar-refractivity contribution in [2.45, 2.75) is 19.8 Å². The molecule has 0 aromatic carbocycles. The Morgan fingerprint density at radius 3 is 2.44 bits per heavy atom. The molecule has 0 aliphatic carbocycles. The summed E-state index contributed by atoms with van der Waals surface area (Å²) >= 11 is 5.95. The van der Waals surface area contributed by atoms with E-state index >= 15 is 0 Å². The first-order chi connectivity index (χ1) is 7.66. The number of halogens is 1. The third-order valence-electron chi connectivity index (χ3n) is 2.08. The lowest BCUT2D eigenvalue weighted by molar-refractivity contribution is 0.776. The highest BCUT2D eigenvalue weighted by molar-refractivity contribution is 6.29. The Morgan fingerprint density at radius 1 is 1.12 bits per heavy atom. The summed E-state index contributed by atoms with van der Waals surface area (Å²) in [5.41, 5.74) is 1.60. The van der Waals surface area contributed by atoms with Gasteiger partial charge in [-0.2, -0.15) is 0 Å². The topological polar surface area (TPSA) is 51.6 Å². The van der Waals surface area contributed by atoms with Crippen LogP contribution in [0.15, 0.2) is 24.8 Å². The van der Waals surface area contributed by atoms with Crippen LogP contribution in [0.4, 0.5) is 0 Å². The van der Waals surface area contributed by atoms with Gasteiger partial charge in [-0.1, -0.05) is 25.4 Å². The molecule has 2 aromatic heterocycles. The van der Waals surface area contributed by atoms with Crippen molar-refractivity contribution in [1.29, 1.82) is 0 Å². The molecule has 0 N–H and O–H groups in total. The fourth-order valence-electron chi connectivity index (χ4n) is 1.27. The minimum atomic E-state index is 0.238. The van der Waals surface area contributed by atoms with E-state index in [1.54, 1.807) is 18.5 Å². The van der Waals surface area contributed by atoms with Crippen molar-refractivity contribution in [3.05, 3.63) is 35.8 Å². The fraction of sp³-hybridized carbons (Fsp3) is 0.273. The van der Waals surface area contributed by atoms with Crippen molar-refractivity contribution < 1.29 is 0 Å². The van der Waals surface area contributed by atoms with Gasteiger partial charge in [-0.15, -0.1) is 0 Å². The zero-order valence-electron chi connectivity index (χ0n) is 9.05. The molecule has 82 valence electrons. The average Bonchev–Trinajstić information content (AvgIpc) is 2.29. The average molecular weight is 235 g/mol. The summed E-state index contributed by atoms with van der Waals surface area (Å²) in [5.74, 6) is 0.966. The van der Waals surface area contributed by atoms with Crippen LogP contribution in [0, 0.1) is 0 Å². The van der Waals surface area contributed by atoms with E-state index in [1.165, 1.54) is 6.33 Å². The van der Waals surface area contributed by atoms with Crippen molar-refractivity contribution in [3.63, 3.8) is 0 Å². The lowest BCUT2D eigenvalue weighted by Crippen LogP contribution is -1.99. The summed E-state index contributed by atoms with van der Waals surface area (Å²) in [5, 5.41) is 0.442. The molecule has 0 atom stereocenters. The van der Waals surface area contributed by atoms with E-state index in [9.17, 15) is 0 Å². The van der Waals surface area contributed by atoms with Gasteiger partial charge in [0.2, 0.25) is 0 Å². The monoisotopic (exact) mass is 234 g/mol. The highest BCUT2D eigenvalue weighted by atomic mass is 35.5. The van der Waals surface area contributed by atoms with E-state index in [0.29, 0.717) is 5.15 Å². The predicted molar refractivity (Wildman–Crippen MR) is 62.2 cm³/mol. The SMILES string of the molecule is CC(C)c1nc(Cl)cc(-c2cncnc2)n1. The third kappa shape index (κ3) is 2.33. The Bertz CT molecular complexity index is 485. The lowest BCUT2D eigenvalue weighted by Gasteiger charge is -2.06. The summed E-state index contributed by atoms with van der Waals surface area (Å²) in [6.07, 6.45) is 4.89. The van der Waals surface area contributed by atoms with Crippen LogP contribution in [0.3, 0.4) is 0 Å². The Labute approximate surface area is 98.8 Å². The molecule has 0 saturated carbocycles. The zero-order valence-corrected chi connectivity index (χ0v) is 9.81. The third-order valence-corrected chi connectivity index (χ3v) is 2.28. The highest BCUT2D eigenvalue weighted by Gasteiger charge is 2.08. The first-order valence-corrected chi connectivity index (χ1v) is 5.34. The molecule has 0 aliphatic heterocycles. The van der Waals surface area contributed by atoms with E-state index in [-0.39, 0.29) is 5.92 Å². The summed E-state index contributed by atoms with van der Waals surface area (Å²) in [6.45, 7) is 4.05. The molecule has 2 aromatic rings. The Hall–Kier alpha value is -1.55. The summed E-state index contributed by atoms with van der Waals surface area (Å²) in [7, 11) is 0. The van der Waals surface area contributed by atoms with Gasteiger partial charge >= 0.3 is 0 Å². The van der Waals surface area contributed by atoms with Crippen molar-refractivity contribution in [3.8, 4) is 11.3 Å². The molecule has 2 rings (SSSR count). The molecule has 0 spiro atoms. The van der Waals surface area contributed by atoms with Crippen molar-refractivity contribution in [1.82, 2.24) is 19.9 Å². The fourth-order valence-corrected chi connectivity index (χ4v) is 1.46. The van der Waals surface area contributed by atoms with Gasteiger partial charge in [-0.25, -0.2) is 19.9 Å². The van der Waals surface area contributed by atoms with Crippen molar-refractivity contribution in [2.24, 2.45) is 0 Å². The molecule has 2 heterocycles. The van der Waals surface area contributed by atoms with Crippen LogP contribution in [0.25, 0.3) is 11.3 Å². The molecule has 0 bridgehead atoms. The molecular weight excluding hydrogens is 224 g/mol. The van der Waals surface area contributed by atoms with Crippen LogP contribution >= 0.6 is 11.6 Å². The summed E-state index contributed by atoms with van der Waals surface area (Å²) < 4.78 is 0. The predicted octanol–water partition coefficient (Wildman–Crippen LogP) is 2.71. The summed E-state index contributed by atoms with van der Waals surface area (Å²) in [6, 6.07) is 1.71. The number of aromatic nitrogens is 4. The van der Waals surface area contributed by atoms with Crippen LogP contribution < -0.4 is 0 Å². The van der Waals surface area contributed by atoms with Gasteiger partial charge in [0, 0.05) is 29.9 Å². The molecule has 4 nitrogen and oxygen atoms in total. The van der Waals surface area contributed by atoms with Crippen LogP contribution in [-0.2, 0) is 0 Å². The van der Waals surface area contributed by atoms with Crippen molar-refractivity contribution in [2.75, 3.05) is 0 Å². The molecule has 0 aliphatic rings. The first-order valence-electron chi connectivity index (χ1n) is 4.96. The van der Waals surface area contributed by atoms with E-state index in [0.717, 1.165) is 17.1 Å². The maximum Gasteiger partial charge on any atom is 0.133 e. The van der Waals surface area contributed by atoms with Crippen LogP contribution in [0.2, 0.25) is 5.15 Å². The lowest BCUT2D eigenvalue weighted by atomic mass is 10.2. The second-order valence-electron chi connectivity index (χ2n) is 3.72. The van der Waals surface area contributed by atoms with E-state index in [2.05, 4.69) is 19.9 Å². The van der Waals surface area contributed by atoms with Crippen LogP contribution in [0.1, 0.15) is 25.6 Å². The number of nitrogens with zero attached hydrogens (tertiary/aromatic N) is 4. The van der Waals surface area contributed by atoms with Gasteiger partial charge < -0.3 is 0 Å². The Morgan fingerprint density at radius 2 is 1.81 bits per heavy atom. The quantitative estimate of drug-likeness (QED) is 0.750. The minimum absolute atomic E-state index is 0.238. The number of hydrogen-bond donors (Lipinski definition) is 0. The molecule has 0 saturated heterocycles. The first kappa shape index (κ1) is 11.0. The van der Waals surface area contributed by atoms with Crippen LogP contribution in [-0.4, -0.2) is 19.9 Å². The molecule has 0 amide bonds. The van der Waals surface area contributed by atoms with Gasteiger partial charge in [0.25, 0.3) is 0 Å². The van der Waals surface area contributed by atoms with Gasteiger partial charge in [-0.3, -0.25) is 0 Å². The second kappa shape index (κ2) is 4.53. The maximum absolute atomic E-state index is 5.95. The molecular formula is C11H11ClN4. The van der Waals surface area contributed by atoms with E-state index in [4.69, 9.17) is 11.6 Å². The van der Waals surface area contributed by atoms with Gasteiger partial charge in [0.05, 0.1) is 5.69 Å². The standard InChI is InChI=1S/C11H11ClN4/c1-7(2)11-15-9(3-10(12)16-11)8-4-13-6-14-5-8/h3-7H,1-2H3. The molecule has 16 heavy (non-hydrogen) atoms. The summed E-state index contributed by atoms with van der Waals surface area (Å²) in [4.78, 5) is 16.5. The van der Waals surface area contributed by atoms with Gasteiger partial charge in [0.1, 0.15) is 17.3 Å². The number of hydrogen-bond acceptors (Lipinski definition) is 4.